The lowest BCUT2D eigenvalue weighted by Crippen LogP contribution is -2.51. The van der Waals surface area contributed by atoms with Crippen LogP contribution in [0.1, 0.15) is 41.0 Å². The minimum absolute atomic E-state index is 0.0633. The molecule has 6 nitrogen and oxygen atoms in total. The summed E-state index contributed by atoms with van der Waals surface area (Å²) in [6.45, 7) is 4.00. The van der Waals surface area contributed by atoms with Crippen LogP contribution < -0.4 is 5.32 Å². The molecule has 0 aliphatic carbocycles. The number of carbonyl (C=O) groups excluding carboxylic acids is 1. The highest BCUT2D eigenvalue weighted by atomic mass is 32.1. The van der Waals surface area contributed by atoms with Crippen molar-refractivity contribution in [2.45, 2.75) is 44.2 Å². The van der Waals surface area contributed by atoms with Crippen LogP contribution in [0.3, 0.4) is 0 Å². The normalized spacial score (nSPS) is 25.6. The number of nitrogens with one attached hydrogen (secondary N) is 1. The number of aryl methyl sites for hydroxylation is 1. The van der Waals surface area contributed by atoms with E-state index in [9.17, 15) is 4.79 Å². The monoisotopic (exact) mass is 297 g/mol. The fourth-order valence-corrected chi connectivity index (χ4v) is 3.49. The van der Waals surface area contributed by atoms with E-state index in [4.69, 9.17) is 9.47 Å². The predicted octanol–water partition coefficient (Wildman–Crippen LogP) is 1.30. The van der Waals surface area contributed by atoms with Crippen LogP contribution in [0.4, 0.5) is 0 Å². The van der Waals surface area contributed by atoms with Gasteiger partial charge in [0.15, 0.2) is 0 Å². The molecule has 1 aromatic rings. The fourth-order valence-electron chi connectivity index (χ4n) is 2.93. The molecule has 0 radical (unpaired) electrons. The van der Waals surface area contributed by atoms with Gasteiger partial charge in [0.2, 0.25) is 0 Å². The van der Waals surface area contributed by atoms with Gasteiger partial charge in [-0.2, -0.15) is 0 Å². The van der Waals surface area contributed by atoms with Crippen molar-refractivity contribution in [3.05, 3.63) is 10.6 Å². The molecule has 0 aromatic carbocycles. The number of rotatable bonds is 2. The van der Waals surface area contributed by atoms with Crippen molar-refractivity contribution in [2.75, 3.05) is 19.8 Å². The van der Waals surface area contributed by atoms with Gasteiger partial charge in [0.1, 0.15) is 4.88 Å². The van der Waals surface area contributed by atoms with E-state index in [-0.39, 0.29) is 17.6 Å². The molecule has 20 heavy (non-hydrogen) atoms. The Morgan fingerprint density at radius 2 is 2.20 bits per heavy atom. The van der Waals surface area contributed by atoms with Crippen LogP contribution in [-0.2, 0) is 9.47 Å². The molecular weight excluding hydrogens is 278 g/mol. The van der Waals surface area contributed by atoms with Crippen LogP contribution in [0.2, 0.25) is 0 Å². The average Bonchev–Trinajstić information content (AvgIpc) is 2.86. The van der Waals surface area contributed by atoms with Crippen LogP contribution in [0, 0.1) is 6.92 Å². The molecule has 2 aliphatic heterocycles. The maximum atomic E-state index is 12.2. The summed E-state index contributed by atoms with van der Waals surface area (Å²) >= 11 is 1.15. The second-order valence-corrected chi connectivity index (χ2v) is 6.25. The molecule has 7 heteroatoms. The van der Waals surface area contributed by atoms with Crippen LogP contribution in [0.15, 0.2) is 0 Å². The highest BCUT2D eigenvalue weighted by Gasteiger charge is 2.39. The van der Waals surface area contributed by atoms with Gasteiger partial charge in [-0.3, -0.25) is 4.79 Å². The lowest BCUT2D eigenvalue weighted by molar-refractivity contribution is -0.139. The maximum absolute atomic E-state index is 12.2. The number of nitrogens with zero attached hydrogens (tertiary/aromatic N) is 2. The van der Waals surface area contributed by atoms with Crippen molar-refractivity contribution in [1.29, 1.82) is 0 Å². The summed E-state index contributed by atoms with van der Waals surface area (Å²) in [4.78, 5) is 12.8. The van der Waals surface area contributed by atoms with Crippen molar-refractivity contribution < 1.29 is 14.3 Å². The Kier molecular flexibility index (Phi) is 4.00. The summed E-state index contributed by atoms with van der Waals surface area (Å²) in [7, 11) is 0. The zero-order valence-corrected chi connectivity index (χ0v) is 12.4. The Balaban J connectivity index is 1.63. The summed E-state index contributed by atoms with van der Waals surface area (Å²) in [5.74, 6) is -0.0633. The Morgan fingerprint density at radius 3 is 2.90 bits per heavy atom. The van der Waals surface area contributed by atoms with Gasteiger partial charge in [-0.1, -0.05) is 4.49 Å². The molecule has 3 rings (SSSR count). The van der Waals surface area contributed by atoms with Crippen molar-refractivity contribution in [3.63, 3.8) is 0 Å². The van der Waals surface area contributed by atoms with Gasteiger partial charge in [0, 0.05) is 25.9 Å². The average molecular weight is 297 g/mol. The molecule has 1 atom stereocenters. The molecule has 1 amide bonds. The zero-order valence-electron chi connectivity index (χ0n) is 11.6. The van der Waals surface area contributed by atoms with Crippen molar-refractivity contribution in [2.24, 2.45) is 0 Å². The molecular formula is C13H19N3O3S. The summed E-state index contributed by atoms with van der Waals surface area (Å²) in [6.07, 6.45) is 3.56. The van der Waals surface area contributed by atoms with E-state index < -0.39 is 0 Å². The molecule has 0 bridgehead atoms. The Bertz CT molecular complexity index is 479. The van der Waals surface area contributed by atoms with E-state index in [2.05, 4.69) is 14.9 Å². The zero-order chi connectivity index (χ0) is 14.0. The first-order valence-corrected chi connectivity index (χ1v) is 7.77. The topological polar surface area (TPSA) is 73.3 Å². The largest absolute Gasteiger partial charge is 0.381 e. The summed E-state index contributed by atoms with van der Waals surface area (Å²) in [5.41, 5.74) is 0.593. The van der Waals surface area contributed by atoms with Crippen LogP contribution in [0.5, 0.6) is 0 Å². The number of aromatic nitrogens is 2. The summed E-state index contributed by atoms with van der Waals surface area (Å²) < 4.78 is 15.2. The van der Waals surface area contributed by atoms with Gasteiger partial charge in [-0.15, -0.1) is 5.10 Å². The highest BCUT2D eigenvalue weighted by Crippen LogP contribution is 2.34. The van der Waals surface area contributed by atoms with Gasteiger partial charge in [-0.25, -0.2) is 0 Å². The lowest BCUT2D eigenvalue weighted by atomic mass is 9.84. The minimum atomic E-state index is -0.102. The maximum Gasteiger partial charge on any atom is 0.265 e. The standard InChI is InChI=1S/C13H19N3O3S/c1-9-11(20-16-15-9)12(17)14-10-2-5-19-13(8-10)3-6-18-7-4-13/h10H,2-8H2,1H3,(H,14,17)/t10-/m0/s1. The lowest BCUT2D eigenvalue weighted by Gasteiger charge is -2.43. The van der Waals surface area contributed by atoms with Crippen LogP contribution >= 0.6 is 11.5 Å². The second-order valence-electron chi connectivity index (χ2n) is 5.49. The van der Waals surface area contributed by atoms with Crippen molar-refractivity contribution in [1.82, 2.24) is 14.9 Å². The van der Waals surface area contributed by atoms with E-state index in [0.717, 1.165) is 50.4 Å². The molecule has 1 aromatic heterocycles. The van der Waals surface area contributed by atoms with E-state index in [0.29, 0.717) is 17.2 Å². The van der Waals surface area contributed by atoms with Gasteiger partial charge < -0.3 is 14.8 Å². The SMILES string of the molecule is Cc1nnsc1C(=O)N[C@H]1CCOC2(CCOCC2)C1. The van der Waals surface area contributed by atoms with E-state index in [1.807, 2.05) is 6.92 Å². The first kappa shape index (κ1) is 13.9. The molecule has 0 unspecified atom stereocenters. The first-order chi connectivity index (χ1) is 9.69. The van der Waals surface area contributed by atoms with Crippen molar-refractivity contribution >= 4 is 17.4 Å². The van der Waals surface area contributed by atoms with E-state index in [1.165, 1.54) is 0 Å². The Labute approximate surface area is 122 Å². The van der Waals surface area contributed by atoms with Gasteiger partial charge in [0.25, 0.3) is 5.91 Å². The number of ether oxygens (including phenoxy) is 2. The first-order valence-electron chi connectivity index (χ1n) is 7.00. The van der Waals surface area contributed by atoms with Gasteiger partial charge in [0.05, 0.1) is 11.3 Å². The van der Waals surface area contributed by atoms with Gasteiger partial charge in [-0.05, 0) is 44.1 Å². The summed E-state index contributed by atoms with van der Waals surface area (Å²) in [6, 6.07) is 0.163. The molecule has 3 heterocycles. The predicted molar refractivity (Wildman–Crippen MR) is 73.9 cm³/mol. The molecule has 110 valence electrons. The molecule has 2 fully saturated rings. The number of carbonyl (C=O) groups is 1. The molecule has 1 spiro atoms. The number of hydrogen-bond acceptors (Lipinski definition) is 6. The molecule has 1 N–H and O–H groups in total. The molecule has 0 saturated carbocycles. The number of hydrogen-bond donors (Lipinski definition) is 1. The third kappa shape index (κ3) is 2.84. The highest BCUT2D eigenvalue weighted by molar-refractivity contribution is 7.08. The molecule has 2 aliphatic rings. The van der Waals surface area contributed by atoms with Crippen LogP contribution in [0.25, 0.3) is 0 Å². The van der Waals surface area contributed by atoms with E-state index in [1.54, 1.807) is 0 Å². The third-order valence-corrected chi connectivity index (χ3v) is 4.92. The quantitative estimate of drug-likeness (QED) is 0.891. The molecule has 2 saturated heterocycles. The van der Waals surface area contributed by atoms with Gasteiger partial charge >= 0.3 is 0 Å². The second kappa shape index (κ2) is 5.75. The Hall–Kier alpha value is -1.05. The fraction of sp³-hybridized carbons (Fsp3) is 0.769. The van der Waals surface area contributed by atoms with Crippen LogP contribution in [-0.4, -0.2) is 47.0 Å². The number of amides is 1. The third-order valence-electron chi connectivity index (χ3n) is 4.09. The smallest absolute Gasteiger partial charge is 0.265 e. The Morgan fingerprint density at radius 1 is 1.40 bits per heavy atom. The minimum Gasteiger partial charge on any atom is -0.381 e. The van der Waals surface area contributed by atoms with E-state index >= 15 is 0 Å². The summed E-state index contributed by atoms with van der Waals surface area (Å²) in [5, 5.41) is 6.98. The van der Waals surface area contributed by atoms with Crippen molar-refractivity contribution in [3.8, 4) is 0 Å².